The van der Waals surface area contributed by atoms with Crippen LogP contribution < -0.4 is 10.2 Å². The highest BCUT2D eigenvalue weighted by Gasteiger charge is 2.10. The van der Waals surface area contributed by atoms with Gasteiger partial charge < -0.3 is 10.2 Å². The molecule has 1 N–H and O–H groups in total. The van der Waals surface area contributed by atoms with Crippen LogP contribution in [0.1, 0.15) is 39.5 Å². The maximum atomic E-state index is 11.9. The monoisotopic (exact) mass is 249 g/mol. The van der Waals surface area contributed by atoms with Gasteiger partial charge >= 0.3 is 0 Å². The minimum absolute atomic E-state index is 0.154. The van der Waals surface area contributed by atoms with E-state index in [1.165, 1.54) is 0 Å². The minimum Gasteiger partial charge on any atom is -0.370 e. The smallest absolute Gasteiger partial charge is 0.226 e. The van der Waals surface area contributed by atoms with Gasteiger partial charge in [-0.15, -0.1) is 0 Å². The van der Waals surface area contributed by atoms with Crippen molar-refractivity contribution < 1.29 is 4.79 Å². The zero-order chi connectivity index (χ0) is 13.4. The van der Waals surface area contributed by atoms with Crippen molar-refractivity contribution in [3.8, 4) is 0 Å². The van der Waals surface area contributed by atoms with E-state index in [4.69, 9.17) is 0 Å². The molecule has 0 aromatic carbocycles. The molecule has 1 aromatic rings. The molecule has 1 heterocycles. The molecular weight excluding hydrogens is 226 g/mol. The topological polar surface area (TPSA) is 45.2 Å². The van der Waals surface area contributed by atoms with Crippen molar-refractivity contribution in [3.63, 3.8) is 0 Å². The Balaban J connectivity index is 2.54. The molecule has 0 spiro atoms. The van der Waals surface area contributed by atoms with E-state index in [2.05, 4.69) is 17.2 Å². The normalized spacial score (nSPS) is 10.2. The van der Waals surface area contributed by atoms with Gasteiger partial charge in [-0.3, -0.25) is 4.79 Å². The first-order valence-electron chi connectivity index (χ1n) is 6.65. The van der Waals surface area contributed by atoms with Gasteiger partial charge in [0.1, 0.15) is 5.82 Å². The summed E-state index contributed by atoms with van der Waals surface area (Å²) in [5, 5.41) is 3.13. The van der Waals surface area contributed by atoms with Gasteiger partial charge in [-0.25, -0.2) is 4.98 Å². The second-order valence-electron chi connectivity index (χ2n) is 4.34. The minimum atomic E-state index is 0.154. The van der Waals surface area contributed by atoms with Crippen molar-refractivity contribution in [1.82, 2.24) is 4.98 Å². The highest BCUT2D eigenvalue weighted by Crippen LogP contribution is 2.15. The fourth-order valence-electron chi connectivity index (χ4n) is 1.71. The van der Waals surface area contributed by atoms with Crippen molar-refractivity contribution in [2.45, 2.75) is 39.5 Å². The predicted molar refractivity (Wildman–Crippen MR) is 76.0 cm³/mol. The first kappa shape index (κ1) is 14.5. The van der Waals surface area contributed by atoms with E-state index in [1.807, 2.05) is 19.1 Å². The summed E-state index contributed by atoms with van der Waals surface area (Å²) in [4.78, 5) is 17.9. The molecule has 0 radical (unpaired) electrons. The molecule has 4 nitrogen and oxygen atoms in total. The highest BCUT2D eigenvalue weighted by atomic mass is 16.2. The SMILES string of the molecule is CCCCCC(=O)N(C)c1ccc(NCC)nc1. The second kappa shape index (κ2) is 7.69. The number of carbonyl (C=O) groups is 1. The Hall–Kier alpha value is -1.58. The lowest BCUT2D eigenvalue weighted by molar-refractivity contribution is -0.118. The van der Waals surface area contributed by atoms with Crippen molar-refractivity contribution in [1.29, 1.82) is 0 Å². The van der Waals surface area contributed by atoms with Gasteiger partial charge in [-0.1, -0.05) is 19.8 Å². The number of rotatable bonds is 7. The summed E-state index contributed by atoms with van der Waals surface area (Å²) in [5.41, 5.74) is 0.846. The predicted octanol–water partition coefficient (Wildman–Crippen LogP) is 3.06. The molecular formula is C14H23N3O. The van der Waals surface area contributed by atoms with Crippen LogP contribution in [0.25, 0.3) is 0 Å². The average Bonchev–Trinajstić information content (AvgIpc) is 2.39. The van der Waals surface area contributed by atoms with Crippen LogP contribution in [-0.4, -0.2) is 24.5 Å². The summed E-state index contributed by atoms with van der Waals surface area (Å²) in [6.07, 6.45) is 5.55. The average molecular weight is 249 g/mol. The van der Waals surface area contributed by atoms with Gasteiger partial charge in [0.05, 0.1) is 11.9 Å². The largest absolute Gasteiger partial charge is 0.370 e. The maximum Gasteiger partial charge on any atom is 0.226 e. The fourth-order valence-corrected chi connectivity index (χ4v) is 1.71. The van der Waals surface area contributed by atoms with Crippen LogP contribution in [0.15, 0.2) is 18.3 Å². The van der Waals surface area contributed by atoms with Crippen LogP contribution in [0.3, 0.4) is 0 Å². The molecule has 0 saturated carbocycles. The zero-order valence-corrected chi connectivity index (χ0v) is 11.6. The van der Waals surface area contributed by atoms with Crippen LogP contribution in [-0.2, 0) is 4.79 Å². The molecule has 0 atom stereocenters. The molecule has 1 rings (SSSR count). The Morgan fingerprint density at radius 1 is 1.33 bits per heavy atom. The van der Waals surface area contributed by atoms with Crippen LogP contribution in [0.4, 0.5) is 11.5 Å². The van der Waals surface area contributed by atoms with Crippen LogP contribution in [0.2, 0.25) is 0 Å². The number of hydrogen-bond acceptors (Lipinski definition) is 3. The molecule has 1 amide bonds. The number of nitrogens with zero attached hydrogens (tertiary/aromatic N) is 2. The standard InChI is InChI=1S/C14H23N3O/c1-4-6-7-8-14(18)17(3)12-9-10-13(15-5-2)16-11-12/h9-11H,4-8H2,1-3H3,(H,15,16). The summed E-state index contributed by atoms with van der Waals surface area (Å²) in [6, 6.07) is 3.82. The second-order valence-corrected chi connectivity index (χ2v) is 4.34. The van der Waals surface area contributed by atoms with Gasteiger partial charge in [-0.05, 0) is 25.5 Å². The Labute approximate surface area is 109 Å². The molecule has 0 fully saturated rings. The highest BCUT2D eigenvalue weighted by molar-refractivity contribution is 5.92. The summed E-state index contributed by atoms with van der Waals surface area (Å²) >= 11 is 0. The Morgan fingerprint density at radius 2 is 2.11 bits per heavy atom. The van der Waals surface area contributed by atoms with Crippen LogP contribution in [0.5, 0.6) is 0 Å². The Kier molecular flexibility index (Phi) is 6.19. The number of aromatic nitrogens is 1. The van der Waals surface area contributed by atoms with Crippen LogP contribution in [0, 0.1) is 0 Å². The number of nitrogens with one attached hydrogen (secondary N) is 1. The molecule has 0 saturated heterocycles. The van der Waals surface area contributed by atoms with Crippen molar-refractivity contribution in [2.24, 2.45) is 0 Å². The van der Waals surface area contributed by atoms with Crippen molar-refractivity contribution >= 4 is 17.4 Å². The van der Waals surface area contributed by atoms with Gasteiger partial charge in [0.15, 0.2) is 0 Å². The number of hydrogen-bond donors (Lipinski definition) is 1. The Bertz CT molecular complexity index is 362. The maximum absolute atomic E-state index is 11.9. The molecule has 0 aliphatic heterocycles. The lowest BCUT2D eigenvalue weighted by atomic mass is 10.2. The fraction of sp³-hybridized carbons (Fsp3) is 0.571. The quantitative estimate of drug-likeness (QED) is 0.755. The van der Waals surface area contributed by atoms with Gasteiger partial charge in [0.2, 0.25) is 5.91 Å². The van der Waals surface area contributed by atoms with E-state index < -0.39 is 0 Å². The molecule has 4 heteroatoms. The molecule has 1 aromatic heterocycles. The lowest BCUT2D eigenvalue weighted by Gasteiger charge is -2.17. The van der Waals surface area contributed by atoms with E-state index in [-0.39, 0.29) is 5.91 Å². The van der Waals surface area contributed by atoms with E-state index in [9.17, 15) is 4.79 Å². The number of unbranched alkanes of at least 4 members (excludes halogenated alkanes) is 2. The molecule has 0 bridgehead atoms. The van der Waals surface area contributed by atoms with Crippen molar-refractivity contribution in [2.75, 3.05) is 23.8 Å². The zero-order valence-electron chi connectivity index (χ0n) is 11.6. The summed E-state index contributed by atoms with van der Waals surface area (Å²) in [5.74, 6) is 0.995. The number of carbonyl (C=O) groups excluding carboxylic acids is 1. The first-order valence-corrected chi connectivity index (χ1v) is 6.65. The Morgan fingerprint density at radius 3 is 2.67 bits per heavy atom. The van der Waals surface area contributed by atoms with Gasteiger partial charge in [0, 0.05) is 20.0 Å². The number of pyridine rings is 1. The lowest BCUT2D eigenvalue weighted by Crippen LogP contribution is -2.25. The molecule has 0 aliphatic carbocycles. The van der Waals surface area contributed by atoms with E-state index in [1.54, 1.807) is 18.1 Å². The number of amides is 1. The third kappa shape index (κ3) is 4.35. The first-order chi connectivity index (χ1) is 8.69. The molecule has 100 valence electrons. The van der Waals surface area contributed by atoms with E-state index in [0.717, 1.165) is 37.3 Å². The van der Waals surface area contributed by atoms with Gasteiger partial charge in [-0.2, -0.15) is 0 Å². The van der Waals surface area contributed by atoms with Gasteiger partial charge in [0.25, 0.3) is 0 Å². The summed E-state index contributed by atoms with van der Waals surface area (Å²) < 4.78 is 0. The van der Waals surface area contributed by atoms with E-state index in [0.29, 0.717) is 6.42 Å². The molecule has 0 unspecified atom stereocenters. The van der Waals surface area contributed by atoms with E-state index >= 15 is 0 Å². The molecule has 0 aliphatic rings. The third-order valence-electron chi connectivity index (χ3n) is 2.86. The molecule has 18 heavy (non-hydrogen) atoms. The summed E-state index contributed by atoms with van der Waals surface area (Å²) in [7, 11) is 1.80. The third-order valence-corrected chi connectivity index (χ3v) is 2.86. The van der Waals surface area contributed by atoms with Crippen molar-refractivity contribution in [3.05, 3.63) is 18.3 Å². The van der Waals surface area contributed by atoms with Crippen LogP contribution >= 0.6 is 0 Å². The number of anilines is 2. The summed E-state index contributed by atoms with van der Waals surface area (Å²) in [6.45, 7) is 5.01.